The molecule has 1 heterocycles. The highest BCUT2D eigenvalue weighted by Crippen LogP contribution is 2.38. The zero-order valence-corrected chi connectivity index (χ0v) is 10.4. The smallest absolute Gasteiger partial charge is 0.255 e. The van der Waals surface area contributed by atoms with E-state index in [-0.39, 0.29) is 5.91 Å². The highest BCUT2D eigenvalue weighted by molar-refractivity contribution is 5.99. The maximum absolute atomic E-state index is 12.4. The highest BCUT2D eigenvalue weighted by Gasteiger charge is 2.38. The second kappa shape index (κ2) is 4.19. The van der Waals surface area contributed by atoms with Crippen molar-refractivity contribution in [3.8, 4) is 0 Å². The molecule has 1 amide bonds. The Kier molecular flexibility index (Phi) is 2.65. The lowest BCUT2D eigenvalue weighted by Crippen LogP contribution is -2.30. The molecule has 0 bridgehead atoms. The largest absolute Gasteiger partial charge is 0.399 e. The molecule has 0 radical (unpaired) electrons. The van der Waals surface area contributed by atoms with Crippen LogP contribution in [0.1, 0.15) is 29.6 Å². The van der Waals surface area contributed by atoms with Crippen molar-refractivity contribution in [1.82, 2.24) is 4.90 Å². The molecule has 1 aliphatic heterocycles. The number of fused-ring (bicyclic) bond motifs is 1. The summed E-state index contributed by atoms with van der Waals surface area (Å²) in [4.78, 5) is 14.4. The van der Waals surface area contributed by atoms with Gasteiger partial charge in [-0.25, -0.2) is 0 Å². The van der Waals surface area contributed by atoms with Crippen LogP contribution in [0.15, 0.2) is 18.2 Å². The predicted molar refractivity (Wildman–Crippen MR) is 72.0 cm³/mol. The second-order valence-corrected chi connectivity index (χ2v) is 5.51. The molecule has 1 aromatic rings. The van der Waals surface area contributed by atoms with Crippen LogP contribution >= 0.6 is 0 Å². The Balaban J connectivity index is 1.79. The van der Waals surface area contributed by atoms with E-state index in [0.29, 0.717) is 28.8 Å². The van der Waals surface area contributed by atoms with Gasteiger partial charge in [-0.2, -0.15) is 0 Å². The van der Waals surface area contributed by atoms with Crippen molar-refractivity contribution in [2.75, 3.05) is 24.6 Å². The van der Waals surface area contributed by atoms with Crippen LogP contribution in [0.2, 0.25) is 0 Å². The number of hydrogen-bond donors (Lipinski definition) is 2. The first-order chi connectivity index (χ1) is 8.65. The summed E-state index contributed by atoms with van der Waals surface area (Å²) in [7, 11) is 0. The van der Waals surface area contributed by atoms with Crippen LogP contribution in [0.25, 0.3) is 0 Å². The maximum Gasteiger partial charge on any atom is 0.255 e. The Bertz CT molecular complexity index is 474. The number of nitrogen functional groups attached to an aromatic ring is 2. The number of hydrogen-bond acceptors (Lipinski definition) is 3. The van der Waals surface area contributed by atoms with E-state index in [0.717, 1.165) is 13.1 Å². The molecule has 18 heavy (non-hydrogen) atoms. The monoisotopic (exact) mass is 245 g/mol. The van der Waals surface area contributed by atoms with Gasteiger partial charge in [0.25, 0.3) is 5.91 Å². The lowest BCUT2D eigenvalue weighted by atomic mass is 10.0. The Morgan fingerprint density at radius 1 is 1.17 bits per heavy atom. The summed E-state index contributed by atoms with van der Waals surface area (Å²) in [6, 6.07) is 5.13. The number of nitrogens with two attached hydrogens (primary N) is 2. The second-order valence-electron chi connectivity index (χ2n) is 5.51. The lowest BCUT2D eigenvalue weighted by Gasteiger charge is -2.18. The predicted octanol–water partition coefficient (Wildman–Crippen LogP) is 1.72. The fourth-order valence-corrected chi connectivity index (χ4v) is 3.35. The van der Waals surface area contributed by atoms with Gasteiger partial charge in [-0.15, -0.1) is 0 Å². The molecule has 1 saturated heterocycles. The minimum absolute atomic E-state index is 0.0573. The molecule has 0 aromatic heterocycles. The fraction of sp³-hybridized carbons (Fsp3) is 0.500. The van der Waals surface area contributed by atoms with Crippen LogP contribution in [0.5, 0.6) is 0 Å². The van der Waals surface area contributed by atoms with Crippen molar-refractivity contribution >= 4 is 17.3 Å². The molecule has 96 valence electrons. The summed E-state index contributed by atoms with van der Waals surface area (Å²) in [5.74, 6) is 1.48. The van der Waals surface area contributed by atoms with E-state index in [9.17, 15) is 4.79 Å². The van der Waals surface area contributed by atoms with Crippen molar-refractivity contribution in [3.05, 3.63) is 23.8 Å². The number of benzene rings is 1. The van der Waals surface area contributed by atoms with Crippen molar-refractivity contribution in [1.29, 1.82) is 0 Å². The number of anilines is 2. The van der Waals surface area contributed by atoms with Gasteiger partial charge in [0.1, 0.15) is 0 Å². The molecule has 2 atom stereocenters. The van der Waals surface area contributed by atoms with Gasteiger partial charge < -0.3 is 16.4 Å². The first-order valence-corrected chi connectivity index (χ1v) is 6.59. The van der Waals surface area contributed by atoms with Crippen molar-refractivity contribution < 1.29 is 4.79 Å². The SMILES string of the molecule is Nc1ccc(C(=O)N2CC3CCCC3C2)c(N)c1. The Hall–Kier alpha value is -1.71. The molecule has 2 fully saturated rings. The third-order valence-electron chi connectivity index (χ3n) is 4.32. The minimum Gasteiger partial charge on any atom is -0.399 e. The van der Waals surface area contributed by atoms with Crippen LogP contribution < -0.4 is 11.5 Å². The Morgan fingerprint density at radius 2 is 1.83 bits per heavy atom. The van der Waals surface area contributed by atoms with Gasteiger partial charge in [-0.1, -0.05) is 6.42 Å². The molecule has 1 aliphatic carbocycles. The van der Waals surface area contributed by atoms with E-state index < -0.39 is 0 Å². The van der Waals surface area contributed by atoms with Gasteiger partial charge in [0, 0.05) is 24.5 Å². The van der Waals surface area contributed by atoms with E-state index in [2.05, 4.69) is 0 Å². The molecule has 1 aromatic carbocycles. The van der Waals surface area contributed by atoms with Gasteiger partial charge in [0.15, 0.2) is 0 Å². The molecule has 2 aliphatic rings. The third kappa shape index (κ3) is 1.82. The number of nitrogens with zero attached hydrogens (tertiary/aromatic N) is 1. The summed E-state index contributed by atoms with van der Waals surface area (Å²) >= 11 is 0. The number of likely N-dealkylation sites (tertiary alicyclic amines) is 1. The molecule has 2 unspecified atom stereocenters. The fourth-order valence-electron chi connectivity index (χ4n) is 3.35. The molecule has 4 N–H and O–H groups in total. The van der Waals surface area contributed by atoms with E-state index in [1.807, 2.05) is 4.90 Å². The number of carbonyl (C=O) groups is 1. The molecule has 0 spiro atoms. The Morgan fingerprint density at radius 3 is 2.44 bits per heavy atom. The van der Waals surface area contributed by atoms with E-state index >= 15 is 0 Å². The summed E-state index contributed by atoms with van der Waals surface area (Å²) < 4.78 is 0. The summed E-state index contributed by atoms with van der Waals surface area (Å²) in [5, 5.41) is 0. The zero-order chi connectivity index (χ0) is 12.7. The van der Waals surface area contributed by atoms with Gasteiger partial charge in [-0.05, 0) is 42.9 Å². The average molecular weight is 245 g/mol. The van der Waals surface area contributed by atoms with Crippen molar-refractivity contribution in [2.24, 2.45) is 11.8 Å². The first-order valence-electron chi connectivity index (χ1n) is 6.59. The van der Waals surface area contributed by atoms with E-state index in [1.54, 1.807) is 18.2 Å². The summed E-state index contributed by atoms with van der Waals surface area (Å²) in [5.41, 5.74) is 13.2. The number of rotatable bonds is 1. The van der Waals surface area contributed by atoms with Crippen LogP contribution in [0, 0.1) is 11.8 Å². The molecule has 1 saturated carbocycles. The molecule has 4 heteroatoms. The van der Waals surface area contributed by atoms with Crippen LogP contribution in [0.4, 0.5) is 11.4 Å². The number of amides is 1. The molecular weight excluding hydrogens is 226 g/mol. The molecule has 3 rings (SSSR count). The van der Waals surface area contributed by atoms with E-state index in [1.165, 1.54) is 19.3 Å². The third-order valence-corrected chi connectivity index (χ3v) is 4.32. The minimum atomic E-state index is 0.0573. The topological polar surface area (TPSA) is 72.4 Å². The summed E-state index contributed by atoms with van der Waals surface area (Å²) in [6.45, 7) is 1.79. The normalized spacial score (nSPS) is 26.3. The Labute approximate surface area is 107 Å². The first kappa shape index (κ1) is 11.4. The quantitative estimate of drug-likeness (QED) is 0.740. The van der Waals surface area contributed by atoms with Crippen LogP contribution in [-0.4, -0.2) is 23.9 Å². The van der Waals surface area contributed by atoms with Crippen molar-refractivity contribution in [2.45, 2.75) is 19.3 Å². The van der Waals surface area contributed by atoms with E-state index in [4.69, 9.17) is 11.5 Å². The van der Waals surface area contributed by atoms with Crippen LogP contribution in [-0.2, 0) is 0 Å². The average Bonchev–Trinajstić information content (AvgIpc) is 2.87. The zero-order valence-electron chi connectivity index (χ0n) is 10.4. The molecular formula is C14H19N3O. The maximum atomic E-state index is 12.4. The van der Waals surface area contributed by atoms with Gasteiger partial charge in [0.2, 0.25) is 0 Å². The number of carbonyl (C=O) groups excluding carboxylic acids is 1. The van der Waals surface area contributed by atoms with Crippen LogP contribution in [0.3, 0.4) is 0 Å². The van der Waals surface area contributed by atoms with Gasteiger partial charge in [-0.3, -0.25) is 4.79 Å². The molecule has 4 nitrogen and oxygen atoms in total. The lowest BCUT2D eigenvalue weighted by molar-refractivity contribution is 0.0782. The van der Waals surface area contributed by atoms with Gasteiger partial charge >= 0.3 is 0 Å². The van der Waals surface area contributed by atoms with Crippen molar-refractivity contribution in [3.63, 3.8) is 0 Å². The summed E-state index contributed by atoms with van der Waals surface area (Å²) in [6.07, 6.45) is 3.86. The standard InChI is InChI=1S/C14H19N3O/c15-11-4-5-12(13(16)6-11)14(18)17-7-9-2-1-3-10(9)8-17/h4-6,9-10H,1-3,7-8,15-16H2. The van der Waals surface area contributed by atoms with Gasteiger partial charge in [0.05, 0.1) is 5.56 Å². The highest BCUT2D eigenvalue weighted by atomic mass is 16.2.